The molecule has 1 aromatic carbocycles. The normalized spacial score (nSPS) is 15.2. The maximum atomic E-state index is 13.0. The summed E-state index contributed by atoms with van der Waals surface area (Å²) in [6.07, 6.45) is 3.65. The maximum Gasteiger partial charge on any atom is 0.263 e. The van der Waals surface area contributed by atoms with Crippen molar-refractivity contribution in [2.75, 3.05) is 24.6 Å². The van der Waals surface area contributed by atoms with Crippen molar-refractivity contribution in [3.05, 3.63) is 70.2 Å². The average Bonchev–Trinajstić information content (AvgIpc) is 3.46. The quantitative estimate of drug-likeness (QED) is 0.584. The molecule has 30 heavy (non-hydrogen) atoms. The number of hydrogen-bond acceptors (Lipinski definition) is 6. The molecule has 1 aliphatic heterocycles. The summed E-state index contributed by atoms with van der Waals surface area (Å²) in [5.74, 6) is 1.19. The fraction of sp³-hybridized carbons (Fsp3) is 0.300. The van der Waals surface area contributed by atoms with Gasteiger partial charge in [0.25, 0.3) is 5.91 Å². The minimum absolute atomic E-state index is 0.103. The molecule has 0 atom stereocenters. The van der Waals surface area contributed by atoms with Crippen molar-refractivity contribution >= 4 is 39.0 Å². The molecule has 1 saturated heterocycles. The van der Waals surface area contributed by atoms with Crippen LogP contribution < -0.4 is 5.32 Å². The molecule has 0 aliphatic carbocycles. The van der Waals surface area contributed by atoms with Gasteiger partial charge in [0.05, 0.1) is 6.54 Å². The van der Waals surface area contributed by atoms with Gasteiger partial charge < -0.3 is 5.32 Å². The lowest BCUT2D eigenvalue weighted by Crippen LogP contribution is -2.38. The summed E-state index contributed by atoms with van der Waals surface area (Å²) in [6, 6.07) is 11.3. The van der Waals surface area contributed by atoms with Crippen LogP contribution >= 0.6 is 23.1 Å². The fourth-order valence-electron chi connectivity index (χ4n) is 3.20. The standard InChI is InChI=1S/C20H22N4O3S3/c25-20(19-18(6-11-29-19)30(26,27)24-9-12-28-13-10-24)21-14-16-2-4-17(5-3-16)15-23-8-1-7-22-23/h1-8,11H,9-10,12-15H2,(H,21,25). The lowest BCUT2D eigenvalue weighted by Gasteiger charge is -2.25. The van der Waals surface area contributed by atoms with Gasteiger partial charge in [0, 0.05) is 43.5 Å². The van der Waals surface area contributed by atoms with Crippen LogP contribution in [0.2, 0.25) is 0 Å². The average molecular weight is 463 g/mol. The van der Waals surface area contributed by atoms with E-state index in [1.807, 2.05) is 41.2 Å². The number of nitrogens with one attached hydrogen (secondary N) is 1. The Kier molecular flexibility index (Phi) is 6.57. The molecule has 1 N–H and O–H groups in total. The Morgan fingerprint density at radius 1 is 1.10 bits per heavy atom. The van der Waals surface area contributed by atoms with Crippen molar-refractivity contribution in [2.45, 2.75) is 18.0 Å². The van der Waals surface area contributed by atoms with E-state index < -0.39 is 10.0 Å². The van der Waals surface area contributed by atoms with Gasteiger partial charge in [-0.05, 0) is 28.6 Å². The summed E-state index contributed by atoms with van der Waals surface area (Å²) < 4.78 is 29.2. The number of rotatable bonds is 7. The molecule has 0 spiro atoms. The van der Waals surface area contributed by atoms with E-state index in [0.717, 1.165) is 34.0 Å². The molecule has 0 bridgehead atoms. The largest absolute Gasteiger partial charge is 0.347 e. The van der Waals surface area contributed by atoms with Crippen LogP contribution in [-0.4, -0.2) is 53.0 Å². The highest BCUT2D eigenvalue weighted by Gasteiger charge is 2.31. The van der Waals surface area contributed by atoms with Gasteiger partial charge in [0.15, 0.2) is 0 Å². The molecule has 2 aromatic heterocycles. The number of amides is 1. The topological polar surface area (TPSA) is 84.3 Å². The summed E-state index contributed by atoms with van der Waals surface area (Å²) in [4.78, 5) is 13.1. The molecular formula is C20H22N4O3S3. The number of hydrogen-bond donors (Lipinski definition) is 1. The Bertz CT molecular complexity index is 1090. The summed E-state index contributed by atoms with van der Waals surface area (Å²) >= 11 is 2.90. The van der Waals surface area contributed by atoms with Crippen molar-refractivity contribution in [1.29, 1.82) is 0 Å². The highest BCUT2D eigenvalue weighted by Crippen LogP contribution is 2.27. The first kappa shape index (κ1) is 21.1. The van der Waals surface area contributed by atoms with Gasteiger partial charge in [-0.25, -0.2) is 8.42 Å². The molecule has 1 amide bonds. The van der Waals surface area contributed by atoms with Gasteiger partial charge in [-0.3, -0.25) is 9.48 Å². The second kappa shape index (κ2) is 9.34. The molecule has 3 aromatic rings. The van der Waals surface area contributed by atoms with Gasteiger partial charge in [-0.2, -0.15) is 21.2 Å². The van der Waals surface area contributed by atoms with Crippen molar-refractivity contribution < 1.29 is 13.2 Å². The fourth-order valence-corrected chi connectivity index (χ4v) is 7.09. The number of sulfonamides is 1. The molecule has 7 nitrogen and oxygen atoms in total. The zero-order valence-corrected chi connectivity index (χ0v) is 18.7. The van der Waals surface area contributed by atoms with E-state index in [1.54, 1.807) is 23.3 Å². The van der Waals surface area contributed by atoms with Crippen molar-refractivity contribution in [3.8, 4) is 0 Å². The van der Waals surface area contributed by atoms with E-state index in [1.165, 1.54) is 10.4 Å². The third-order valence-corrected chi connectivity index (χ3v) is 8.73. The number of carbonyl (C=O) groups is 1. The van der Waals surface area contributed by atoms with Crippen LogP contribution in [-0.2, 0) is 23.1 Å². The SMILES string of the molecule is O=C(NCc1ccc(Cn2cccn2)cc1)c1sccc1S(=O)(=O)N1CCSCC1. The Labute approximate surface area is 184 Å². The molecule has 158 valence electrons. The molecule has 4 rings (SSSR count). The highest BCUT2D eigenvalue weighted by atomic mass is 32.2. The zero-order valence-electron chi connectivity index (χ0n) is 16.2. The highest BCUT2D eigenvalue weighted by molar-refractivity contribution is 7.99. The molecule has 1 fully saturated rings. The van der Waals surface area contributed by atoms with Crippen LogP contribution in [0.1, 0.15) is 20.8 Å². The number of benzene rings is 1. The van der Waals surface area contributed by atoms with Crippen LogP contribution in [0.4, 0.5) is 0 Å². The Hall–Kier alpha value is -2.14. The number of aromatic nitrogens is 2. The van der Waals surface area contributed by atoms with E-state index >= 15 is 0 Å². The van der Waals surface area contributed by atoms with Gasteiger partial charge in [0.1, 0.15) is 9.77 Å². The van der Waals surface area contributed by atoms with Gasteiger partial charge in [0.2, 0.25) is 10.0 Å². The number of thiophene rings is 1. The lowest BCUT2D eigenvalue weighted by molar-refractivity contribution is 0.0952. The van der Waals surface area contributed by atoms with E-state index in [-0.39, 0.29) is 15.7 Å². The summed E-state index contributed by atoms with van der Waals surface area (Å²) in [7, 11) is -3.65. The van der Waals surface area contributed by atoms with Crippen molar-refractivity contribution in [2.24, 2.45) is 0 Å². The molecule has 10 heteroatoms. The lowest BCUT2D eigenvalue weighted by atomic mass is 10.1. The predicted molar refractivity (Wildman–Crippen MR) is 119 cm³/mol. The predicted octanol–water partition coefficient (Wildman–Crippen LogP) is 2.66. The first-order chi connectivity index (χ1) is 14.5. The Morgan fingerprint density at radius 3 is 2.53 bits per heavy atom. The molecule has 3 heterocycles. The number of carbonyl (C=O) groups excluding carboxylic acids is 1. The van der Waals surface area contributed by atoms with Crippen molar-refractivity contribution in [1.82, 2.24) is 19.4 Å². The summed E-state index contributed by atoms with van der Waals surface area (Å²) in [5.41, 5.74) is 2.06. The minimum atomic E-state index is -3.65. The van der Waals surface area contributed by atoms with Crippen LogP contribution in [0.15, 0.2) is 59.1 Å². The molecule has 0 unspecified atom stereocenters. The van der Waals surface area contributed by atoms with Crippen molar-refractivity contribution in [3.63, 3.8) is 0 Å². The molecule has 0 radical (unpaired) electrons. The second-order valence-electron chi connectivity index (χ2n) is 6.83. The van der Waals surface area contributed by atoms with E-state index in [0.29, 0.717) is 26.2 Å². The maximum absolute atomic E-state index is 13.0. The molecule has 1 aliphatic rings. The van der Waals surface area contributed by atoms with Crippen LogP contribution in [0.5, 0.6) is 0 Å². The Morgan fingerprint density at radius 2 is 1.83 bits per heavy atom. The monoisotopic (exact) mass is 462 g/mol. The van der Waals surface area contributed by atoms with E-state index in [9.17, 15) is 13.2 Å². The minimum Gasteiger partial charge on any atom is -0.347 e. The first-order valence-corrected chi connectivity index (χ1v) is 13.0. The van der Waals surface area contributed by atoms with Gasteiger partial charge in [-0.1, -0.05) is 24.3 Å². The van der Waals surface area contributed by atoms with E-state index in [4.69, 9.17) is 0 Å². The number of thioether (sulfide) groups is 1. The third-order valence-electron chi connectivity index (χ3n) is 4.80. The number of nitrogens with zero attached hydrogens (tertiary/aromatic N) is 3. The summed E-state index contributed by atoms with van der Waals surface area (Å²) in [5, 5.41) is 8.70. The van der Waals surface area contributed by atoms with Crippen LogP contribution in [0, 0.1) is 0 Å². The second-order valence-corrected chi connectivity index (χ2v) is 10.9. The van der Waals surface area contributed by atoms with Gasteiger partial charge >= 0.3 is 0 Å². The molecule has 0 saturated carbocycles. The van der Waals surface area contributed by atoms with E-state index in [2.05, 4.69) is 10.4 Å². The summed E-state index contributed by atoms with van der Waals surface area (Å²) in [6.45, 7) is 1.98. The van der Waals surface area contributed by atoms with Gasteiger partial charge in [-0.15, -0.1) is 11.3 Å². The zero-order chi connectivity index (χ0) is 21.0. The smallest absolute Gasteiger partial charge is 0.263 e. The van der Waals surface area contributed by atoms with Crippen LogP contribution in [0.3, 0.4) is 0 Å². The van der Waals surface area contributed by atoms with Crippen LogP contribution in [0.25, 0.3) is 0 Å². The Balaban J connectivity index is 1.40. The molecular weight excluding hydrogens is 440 g/mol. The first-order valence-electron chi connectivity index (χ1n) is 9.53. The third kappa shape index (κ3) is 4.77.